The third-order valence-electron chi connectivity index (χ3n) is 3.29. The number of hydrogen-bond acceptors (Lipinski definition) is 3. The lowest BCUT2D eigenvalue weighted by atomic mass is 10.1. The lowest BCUT2D eigenvalue weighted by Gasteiger charge is -2.12. The molecule has 1 unspecified atom stereocenters. The molecular weight excluding hydrogens is 252 g/mol. The Bertz CT molecular complexity index is 781. The van der Waals surface area contributed by atoms with Gasteiger partial charge in [-0.15, -0.1) is 0 Å². The highest BCUT2D eigenvalue weighted by Gasteiger charge is 2.11. The molecule has 3 rings (SSSR count). The largest absolute Gasteiger partial charge is 0.386 e. The summed E-state index contributed by atoms with van der Waals surface area (Å²) in [7, 11) is 0. The number of aliphatic hydroxyl groups excluding tert-OH is 1. The number of nitrogens with zero attached hydrogens (tertiary/aromatic N) is 2. The molecule has 0 spiro atoms. The summed E-state index contributed by atoms with van der Waals surface area (Å²) in [6, 6.07) is 16.6. The molecule has 0 radical (unpaired) electrons. The zero-order valence-electron chi connectivity index (χ0n) is 10.8. The van der Waals surface area contributed by atoms with Gasteiger partial charge in [0.15, 0.2) is 0 Å². The number of hydrogen-bond donors (Lipinski definition) is 1. The van der Waals surface area contributed by atoms with Crippen LogP contribution in [0.15, 0.2) is 65.6 Å². The van der Waals surface area contributed by atoms with E-state index in [9.17, 15) is 9.90 Å². The molecular formula is C16H14N2O2. The molecule has 1 heterocycles. The first-order valence-corrected chi connectivity index (χ1v) is 6.43. The minimum Gasteiger partial charge on any atom is -0.386 e. The van der Waals surface area contributed by atoms with Gasteiger partial charge in [0.2, 0.25) is 0 Å². The Morgan fingerprint density at radius 1 is 1.05 bits per heavy atom. The van der Waals surface area contributed by atoms with Gasteiger partial charge in [0.25, 0.3) is 5.56 Å². The smallest absolute Gasteiger partial charge is 0.274 e. The molecule has 0 bridgehead atoms. The predicted octanol–water partition coefficient (Wildman–Crippen LogP) is 2.13. The summed E-state index contributed by atoms with van der Waals surface area (Å²) < 4.78 is 1.31. The highest BCUT2D eigenvalue weighted by molar-refractivity contribution is 5.80. The zero-order chi connectivity index (χ0) is 13.9. The van der Waals surface area contributed by atoms with Crippen LogP contribution in [0, 0.1) is 0 Å². The standard InChI is InChI=1S/C16H14N2O2/c19-15(12-6-2-1-3-7-12)11-18-16(20)14-9-5-4-8-13(14)10-17-18/h1-10,15,19H,11H2. The van der Waals surface area contributed by atoms with Gasteiger partial charge in [0, 0.05) is 5.39 Å². The zero-order valence-corrected chi connectivity index (χ0v) is 10.8. The van der Waals surface area contributed by atoms with Crippen LogP contribution in [-0.2, 0) is 6.54 Å². The van der Waals surface area contributed by atoms with Crippen molar-refractivity contribution in [3.63, 3.8) is 0 Å². The van der Waals surface area contributed by atoms with Crippen molar-refractivity contribution in [3.8, 4) is 0 Å². The Labute approximate surface area is 115 Å². The van der Waals surface area contributed by atoms with Gasteiger partial charge in [-0.3, -0.25) is 4.79 Å². The topological polar surface area (TPSA) is 55.1 Å². The molecule has 20 heavy (non-hydrogen) atoms. The van der Waals surface area contributed by atoms with E-state index in [-0.39, 0.29) is 12.1 Å². The quantitative estimate of drug-likeness (QED) is 0.790. The fourth-order valence-electron chi connectivity index (χ4n) is 2.20. The van der Waals surface area contributed by atoms with E-state index in [0.29, 0.717) is 5.39 Å². The molecule has 0 fully saturated rings. The average Bonchev–Trinajstić information content (AvgIpc) is 2.51. The summed E-state index contributed by atoms with van der Waals surface area (Å²) in [4.78, 5) is 12.3. The highest BCUT2D eigenvalue weighted by Crippen LogP contribution is 2.14. The second-order valence-corrected chi connectivity index (χ2v) is 4.65. The lowest BCUT2D eigenvalue weighted by Crippen LogP contribution is -2.25. The number of aromatic nitrogens is 2. The monoisotopic (exact) mass is 266 g/mol. The van der Waals surface area contributed by atoms with Crippen LogP contribution in [-0.4, -0.2) is 14.9 Å². The maximum absolute atomic E-state index is 12.3. The molecule has 0 aliphatic heterocycles. The van der Waals surface area contributed by atoms with Crippen molar-refractivity contribution < 1.29 is 5.11 Å². The van der Waals surface area contributed by atoms with Crippen LogP contribution >= 0.6 is 0 Å². The summed E-state index contributed by atoms with van der Waals surface area (Å²) in [6.45, 7) is 0.147. The van der Waals surface area contributed by atoms with Gasteiger partial charge in [0.05, 0.1) is 24.2 Å². The van der Waals surface area contributed by atoms with E-state index in [1.807, 2.05) is 48.5 Å². The van der Waals surface area contributed by atoms with Crippen LogP contribution < -0.4 is 5.56 Å². The van der Waals surface area contributed by atoms with E-state index in [4.69, 9.17) is 0 Å². The van der Waals surface area contributed by atoms with Gasteiger partial charge in [0.1, 0.15) is 0 Å². The molecule has 100 valence electrons. The number of rotatable bonds is 3. The molecule has 1 aromatic heterocycles. The molecule has 3 aromatic rings. The Morgan fingerprint density at radius 3 is 2.55 bits per heavy atom. The molecule has 1 atom stereocenters. The van der Waals surface area contributed by atoms with Crippen molar-refractivity contribution >= 4 is 10.8 Å². The van der Waals surface area contributed by atoms with Gasteiger partial charge in [-0.25, -0.2) is 4.68 Å². The Balaban J connectivity index is 1.96. The van der Waals surface area contributed by atoms with Gasteiger partial charge < -0.3 is 5.11 Å². The maximum atomic E-state index is 12.3. The van der Waals surface area contributed by atoms with E-state index in [2.05, 4.69) is 5.10 Å². The number of fused-ring (bicyclic) bond motifs is 1. The summed E-state index contributed by atoms with van der Waals surface area (Å²) in [5.41, 5.74) is 0.590. The molecule has 0 saturated carbocycles. The summed E-state index contributed by atoms with van der Waals surface area (Å²) >= 11 is 0. The van der Waals surface area contributed by atoms with Gasteiger partial charge in [-0.2, -0.15) is 5.10 Å². The molecule has 0 saturated heterocycles. The van der Waals surface area contributed by atoms with E-state index in [1.54, 1.807) is 12.3 Å². The molecule has 4 nitrogen and oxygen atoms in total. The Morgan fingerprint density at radius 2 is 1.75 bits per heavy atom. The molecule has 0 amide bonds. The Kier molecular flexibility index (Phi) is 3.31. The van der Waals surface area contributed by atoms with Crippen LogP contribution in [0.3, 0.4) is 0 Å². The van der Waals surface area contributed by atoms with Crippen LogP contribution in [0.25, 0.3) is 10.8 Å². The minimum absolute atomic E-state index is 0.147. The SMILES string of the molecule is O=c1c2ccccc2cnn1CC(O)c1ccccc1. The molecule has 2 aromatic carbocycles. The van der Waals surface area contributed by atoms with Crippen molar-refractivity contribution in [2.45, 2.75) is 12.6 Å². The van der Waals surface area contributed by atoms with E-state index in [1.165, 1.54) is 4.68 Å². The maximum Gasteiger partial charge on any atom is 0.274 e. The van der Waals surface area contributed by atoms with E-state index < -0.39 is 6.10 Å². The van der Waals surface area contributed by atoms with Crippen LogP contribution in [0.1, 0.15) is 11.7 Å². The first kappa shape index (κ1) is 12.6. The summed E-state index contributed by atoms with van der Waals surface area (Å²) in [5, 5.41) is 15.7. The summed E-state index contributed by atoms with van der Waals surface area (Å²) in [6.07, 6.45) is 0.900. The average molecular weight is 266 g/mol. The van der Waals surface area contributed by atoms with Crippen molar-refractivity contribution in [1.82, 2.24) is 9.78 Å². The fourth-order valence-corrected chi connectivity index (χ4v) is 2.20. The van der Waals surface area contributed by atoms with Crippen LogP contribution in [0.2, 0.25) is 0 Å². The van der Waals surface area contributed by atoms with Crippen molar-refractivity contribution in [2.24, 2.45) is 0 Å². The molecule has 4 heteroatoms. The first-order valence-electron chi connectivity index (χ1n) is 6.43. The fraction of sp³-hybridized carbons (Fsp3) is 0.125. The van der Waals surface area contributed by atoms with Crippen molar-refractivity contribution in [3.05, 3.63) is 76.7 Å². The normalized spacial score (nSPS) is 12.4. The van der Waals surface area contributed by atoms with Gasteiger partial charge in [-0.1, -0.05) is 48.5 Å². The number of aliphatic hydroxyl groups is 1. The summed E-state index contributed by atoms with van der Waals surface area (Å²) in [5.74, 6) is 0. The minimum atomic E-state index is -0.748. The second-order valence-electron chi connectivity index (χ2n) is 4.65. The number of benzene rings is 2. The van der Waals surface area contributed by atoms with Gasteiger partial charge in [-0.05, 0) is 11.6 Å². The Hall–Kier alpha value is -2.46. The van der Waals surface area contributed by atoms with Crippen LogP contribution in [0.4, 0.5) is 0 Å². The second kappa shape index (κ2) is 5.27. The third-order valence-corrected chi connectivity index (χ3v) is 3.29. The third kappa shape index (κ3) is 2.33. The molecule has 1 N–H and O–H groups in total. The first-order chi connectivity index (χ1) is 9.75. The highest BCUT2D eigenvalue weighted by atomic mass is 16.3. The van der Waals surface area contributed by atoms with E-state index >= 15 is 0 Å². The van der Waals surface area contributed by atoms with Crippen LogP contribution in [0.5, 0.6) is 0 Å². The van der Waals surface area contributed by atoms with E-state index in [0.717, 1.165) is 10.9 Å². The predicted molar refractivity (Wildman–Crippen MR) is 77.4 cm³/mol. The van der Waals surface area contributed by atoms with Crippen molar-refractivity contribution in [1.29, 1.82) is 0 Å². The van der Waals surface area contributed by atoms with Crippen molar-refractivity contribution in [2.75, 3.05) is 0 Å². The lowest BCUT2D eigenvalue weighted by molar-refractivity contribution is 0.149. The molecule has 0 aliphatic carbocycles. The van der Waals surface area contributed by atoms with Gasteiger partial charge >= 0.3 is 0 Å². The molecule has 0 aliphatic rings.